The van der Waals surface area contributed by atoms with Gasteiger partial charge in [0.05, 0.1) is 6.20 Å². The Balaban J connectivity index is 2.19. The fourth-order valence-corrected chi connectivity index (χ4v) is 1.88. The van der Waals surface area contributed by atoms with Crippen LogP contribution in [0.4, 0.5) is 5.82 Å². The summed E-state index contributed by atoms with van der Waals surface area (Å²) in [6.07, 6.45) is 1.66. The number of nitrogens with one attached hydrogen (secondary N) is 1. The molecule has 2 heterocycles. The summed E-state index contributed by atoms with van der Waals surface area (Å²) in [6.45, 7) is 4.00. The van der Waals surface area contributed by atoms with Crippen LogP contribution in [-0.4, -0.2) is 20.7 Å². The van der Waals surface area contributed by atoms with Crippen molar-refractivity contribution >= 4 is 27.7 Å². The van der Waals surface area contributed by atoms with Gasteiger partial charge in [-0.1, -0.05) is 6.07 Å². The Labute approximate surface area is 113 Å². The zero-order valence-electron chi connectivity index (χ0n) is 10.1. The highest BCUT2D eigenvalue weighted by Gasteiger charge is 2.12. The highest BCUT2D eigenvalue weighted by atomic mass is 79.9. The molecule has 0 radical (unpaired) electrons. The van der Waals surface area contributed by atoms with Gasteiger partial charge in [0.2, 0.25) is 0 Å². The summed E-state index contributed by atoms with van der Waals surface area (Å²) in [5.74, 6) is 0.412. The summed E-state index contributed by atoms with van der Waals surface area (Å²) < 4.78 is 2.38. The van der Waals surface area contributed by atoms with Crippen molar-refractivity contribution in [1.82, 2.24) is 14.8 Å². The molecule has 5 nitrogen and oxygen atoms in total. The molecule has 0 bridgehead atoms. The molecule has 0 atom stereocenters. The van der Waals surface area contributed by atoms with Crippen LogP contribution in [0.25, 0.3) is 0 Å². The van der Waals surface area contributed by atoms with E-state index in [1.807, 2.05) is 13.8 Å². The van der Waals surface area contributed by atoms with Crippen LogP contribution in [0.2, 0.25) is 0 Å². The first kappa shape index (κ1) is 12.8. The summed E-state index contributed by atoms with van der Waals surface area (Å²) in [5, 5.41) is 6.95. The predicted molar refractivity (Wildman–Crippen MR) is 72.5 cm³/mol. The Morgan fingerprint density at radius 2 is 2.17 bits per heavy atom. The smallest absolute Gasteiger partial charge is 0.275 e. The molecule has 0 aromatic carbocycles. The van der Waals surface area contributed by atoms with Crippen LogP contribution < -0.4 is 5.32 Å². The molecule has 0 unspecified atom stereocenters. The number of nitrogens with zero attached hydrogens (tertiary/aromatic N) is 3. The Hall–Kier alpha value is -1.69. The van der Waals surface area contributed by atoms with Gasteiger partial charge < -0.3 is 5.32 Å². The standard InChI is InChI=1S/C12H13BrN4O/c1-8(2)17-11(6-7-14-17)16-12(18)9-4-3-5-10(13)15-9/h3-8H,1-2H3,(H,16,18). The first-order chi connectivity index (χ1) is 8.58. The van der Waals surface area contributed by atoms with Crippen LogP contribution in [0.3, 0.4) is 0 Å². The maximum absolute atomic E-state index is 12.0. The number of hydrogen-bond donors (Lipinski definition) is 1. The van der Waals surface area contributed by atoms with Gasteiger partial charge in [0.1, 0.15) is 16.1 Å². The summed E-state index contributed by atoms with van der Waals surface area (Å²) >= 11 is 3.24. The second kappa shape index (κ2) is 5.30. The molecule has 1 N–H and O–H groups in total. The van der Waals surface area contributed by atoms with Gasteiger partial charge in [-0.05, 0) is 41.9 Å². The van der Waals surface area contributed by atoms with Crippen LogP contribution in [0.5, 0.6) is 0 Å². The molecule has 0 saturated heterocycles. The van der Waals surface area contributed by atoms with Crippen molar-refractivity contribution in [2.24, 2.45) is 0 Å². The Bertz CT molecular complexity index is 565. The van der Waals surface area contributed by atoms with Crippen molar-refractivity contribution < 1.29 is 4.79 Å². The van der Waals surface area contributed by atoms with Crippen molar-refractivity contribution in [3.8, 4) is 0 Å². The number of hydrogen-bond acceptors (Lipinski definition) is 3. The van der Waals surface area contributed by atoms with E-state index >= 15 is 0 Å². The van der Waals surface area contributed by atoms with Gasteiger partial charge in [-0.15, -0.1) is 0 Å². The normalized spacial score (nSPS) is 10.7. The quantitative estimate of drug-likeness (QED) is 0.887. The maximum Gasteiger partial charge on any atom is 0.275 e. The number of rotatable bonds is 3. The van der Waals surface area contributed by atoms with Crippen LogP contribution >= 0.6 is 15.9 Å². The van der Waals surface area contributed by atoms with Crippen LogP contribution in [-0.2, 0) is 0 Å². The van der Waals surface area contributed by atoms with Gasteiger partial charge in [-0.2, -0.15) is 5.10 Å². The van der Waals surface area contributed by atoms with Crippen LogP contribution in [0, 0.1) is 0 Å². The lowest BCUT2D eigenvalue weighted by Gasteiger charge is -2.11. The number of carbonyl (C=O) groups excluding carboxylic acids is 1. The third kappa shape index (κ3) is 2.76. The lowest BCUT2D eigenvalue weighted by atomic mass is 10.3. The minimum Gasteiger partial charge on any atom is -0.305 e. The molecule has 94 valence electrons. The van der Waals surface area contributed by atoms with Gasteiger partial charge >= 0.3 is 0 Å². The van der Waals surface area contributed by atoms with E-state index < -0.39 is 0 Å². The van der Waals surface area contributed by atoms with Crippen molar-refractivity contribution in [3.05, 3.63) is 40.8 Å². The lowest BCUT2D eigenvalue weighted by Crippen LogP contribution is -2.17. The number of halogens is 1. The van der Waals surface area contributed by atoms with E-state index in [1.165, 1.54) is 0 Å². The summed E-state index contributed by atoms with van der Waals surface area (Å²) in [7, 11) is 0. The van der Waals surface area contributed by atoms with E-state index in [2.05, 4.69) is 31.3 Å². The van der Waals surface area contributed by atoms with Gasteiger partial charge in [0.25, 0.3) is 5.91 Å². The third-order valence-electron chi connectivity index (χ3n) is 2.35. The topological polar surface area (TPSA) is 59.8 Å². The molecule has 6 heteroatoms. The number of carbonyl (C=O) groups is 1. The molecular formula is C12H13BrN4O. The number of pyridine rings is 1. The van der Waals surface area contributed by atoms with E-state index in [-0.39, 0.29) is 11.9 Å². The predicted octanol–water partition coefficient (Wildman–Crippen LogP) is 2.87. The fourth-order valence-electron chi connectivity index (χ4n) is 1.54. The largest absolute Gasteiger partial charge is 0.305 e. The molecule has 0 fully saturated rings. The molecule has 0 saturated carbocycles. The SMILES string of the molecule is CC(C)n1nccc1NC(=O)c1cccc(Br)n1. The van der Waals surface area contributed by atoms with Crippen molar-refractivity contribution in [2.75, 3.05) is 5.32 Å². The number of aromatic nitrogens is 3. The van der Waals surface area contributed by atoms with Crippen LogP contribution in [0.15, 0.2) is 35.1 Å². The minimum absolute atomic E-state index is 0.186. The Kier molecular flexibility index (Phi) is 3.76. The van der Waals surface area contributed by atoms with E-state index in [1.54, 1.807) is 35.1 Å². The molecule has 0 aliphatic rings. The van der Waals surface area contributed by atoms with E-state index in [4.69, 9.17) is 0 Å². The summed E-state index contributed by atoms with van der Waals surface area (Å²) in [5.41, 5.74) is 0.362. The third-order valence-corrected chi connectivity index (χ3v) is 2.79. The van der Waals surface area contributed by atoms with Gasteiger partial charge in [-0.3, -0.25) is 4.79 Å². The number of anilines is 1. The second-order valence-electron chi connectivity index (χ2n) is 4.05. The van der Waals surface area contributed by atoms with Gasteiger partial charge in [0, 0.05) is 12.1 Å². The van der Waals surface area contributed by atoms with Crippen molar-refractivity contribution in [3.63, 3.8) is 0 Å². The lowest BCUT2D eigenvalue weighted by molar-refractivity contribution is 0.102. The molecule has 0 spiro atoms. The fraction of sp³-hybridized carbons (Fsp3) is 0.250. The maximum atomic E-state index is 12.0. The zero-order valence-corrected chi connectivity index (χ0v) is 11.7. The monoisotopic (exact) mass is 308 g/mol. The molecule has 2 rings (SSSR count). The average Bonchev–Trinajstić information content (AvgIpc) is 2.77. The molecular weight excluding hydrogens is 296 g/mol. The van der Waals surface area contributed by atoms with Crippen molar-refractivity contribution in [1.29, 1.82) is 0 Å². The summed E-state index contributed by atoms with van der Waals surface area (Å²) in [6, 6.07) is 7.15. The molecule has 0 aliphatic heterocycles. The van der Waals surface area contributed by atoms with Crippen LogP contribution in [0.1, 0.15) is 30.4 Å². The summed E-state index contributed by atoms with van der Waals surface area (Å²) in [4.78, 5) is 16.1. The van der Waals surface area contributed by atoms with Gasteiger partial charge in [0.15, 0.2) is 0 Å². The average molecular weight is 309 g/mol. The highest BCUT2D eigenvalue weighted by Crippen LogP contribution is 2.14. The molecule has 2 aromatic heterocycles. The first-order valence-electron chi connectivity index (χ1n) is 5.55. The molecule has 0 aliphatic carbocycles. The molecule has 18 heavy (non-hydrogen) atoms. The number of amides is 1. The second-order valence-corrected chi connectivity index (χ2v) is 4.87. The first-order valence-corrected chi connectivity index (χ1v) is 6.34. The van der Waals surface area contributed by atoms with Crippen molar-refractivity contribution in [2.45, 2.75) is 19.9 Å². The molecule has 2 aromatic rings. The Morgan fingerprint density at radius 3 is 2.83 bits per heavy atom. The highest BCUT2D eigenvalue weighted by molar-refractivity contribution is 9.10. The van der Waals surface area contributed by atoms with Gasteiger partial charge in [-0.25, -0.2) is 9.67 Å². The minimum atomic E-state index is -0.251. The van der Waals surface area contributed by atoms with E-state index in [0.717, 1.165) is 0 Å². The zero-order chi connectivity index (χ0) is 13.1. The van der Waals surface area contributed by atoms with E-state index in [0.29, 0.717) is 16.1 Å². The Morgan fingerprint density at radius 1 is 1.39 bits per heavy atom. The van der Waals surface area contributed by atoms with E-state index in [9.17, 15) is 4.79 Å². The molecule has 1 amide bonds.